The summed E-state index contributed by atoms with van der Waals surface area (Å²) in [6.07, 6.45) is 3.38. The number of anilines is 1. The number of aliphatic imine (C=N–C) groups is 1. The number of nitrogens with zero attached hydrogens (tertiary/aromatic N) is 4. The van der Waals surface area contributed by atoms with Gasteiger partial charge in [-0.1, -0.05) is 42.5 Å². The highest BCUT2D eigenvalue weighted by Crippen LogP contribution is 2.29. The van der Waals surface area contributed by atoms with Gasteiger partial charge in [0.05, 0.1) is 17.4 Å². The zero-order valence-corrected chi connectivity index (χ0v) is 16.8. The number of aromatic amines is 1. The maximum absolute atomic E-state index is 4.47. The largest absolute Gasteiger partial charge is 0.369 e. The Bertz CT molecular complexity index is 1110. The molecule has 6 nitrogen and oxygen atoms in total. The molecule has 0 aliphatic rings. The van der Waals surface area contributed by atoms with Gasteiger partial charge in [-0.2, -0.15) is 0 Å². The Morgan fingerprint density at radius 1 is 1.03 bits per heavy atom. The summed E-state index contributed by atoms with van der Waals surface area (Å²) in [5, 5.41) is 4.48. The minimum absolute atomic E-state index is 0.140. The maximum Gasteiger partial charge on any atom is 0.143 e. The van der Waals surface area contributed by atoms with Crippen molar-refractivity contribution in [2.24, 2.45) is 4.99 Å². The van der Waals surface area contributed by atoms with Crippen molar-refractivity contribution in [3.05, 3.63) is 72.6 Å². The molecule has 29 heavy (non-hydrogen) atoms. The zero-order valence-electron chi connectivity index (χ0n) is 16.8. The molecule has 2 N–H and O–H groups in total. The predicted molar refractivity (Wildman–Crippen MR) is 120 cm³/mol. The van der Waals surface area contributed by atoms with Gasteiger partial charge in [0.15, 0.2) is 0 Å². The van der Waals surface area contributed by atoms with Crippen LogP contribution in [0.3, 0.4) is 0 Å². The first-order valence-corrected chi connectivity index (χ1v) is 9.56. The monoisotopic (exact) mass is 384 g/mol. The van der Waals surface area contributed by atoms with Gasteiger partial charge in [0.2, 0.25) is 0 Å². The second-order valence-corrected chi connectivity index (χ2v) is 7.20. The Morgan fingerprint density at radius 3 is 2.52 bits per heavy atom. The first kappa shape index (κ1) is 18.7. The summed E-state index contributed by atoms with van der Waals surface area (Å²) in [5.74, 6) is 0.820. The van der Waals surface area contributed by atoms with E-state index in [1.54, 1.807) is 12.7 Å². The predicted octanol–water partition coefficient (Wildman–Crippen LogP) is 5.02. The van der Waals surface area contributed by atoms with Crippen molar-refractivity contribution < 1.29 is 0 Å². The van der Waals surface area contributed by atoms with Gasteiger partial charge < -0.3 is 15.2 Å². The first-order chi connectivity index (χ1) is 14.1. The highest BCUT2D eigenvalue weighted by atomic mass is 15.1. The smallest absolute Gasteiger partial charge is 0.143 e. The number of fused-ring (bicyclic) bond motifs is 1. The van der Waals surface area contributed by atoms with Crippen molar-refractivity contribution in [3.8, 4) is 11.3 Å². The Balaban J connectivity index is 1.61. The van der Waals surface area contributed by atoms with Crippen LogP contribution >= 0.6 is 0 Å². The van der Waals surface area contributed by atoms with Crippen molar-refractivity contribution in [1.29, 1.82) is 0 Å². The number of hydrogen-bond acceptors (Lipinski definition) is 4. The highest BCUT2D eigenvalue weighted by molar-refractivity contribution is 5.91. The molecular weight excluding hydrogens is 360 g/mol. The molecule has 0 aliphatic heterocycles. The van der Waals surface area contributed by atoms with Crippen molar-refractivity contribution in [1.82, 2.24) is 19.9 Å². The van der Waals surface area contributed by atoms with E-state index in [4.69, 9.17) is 0 Å². The molecular formula is C23H24N6. The number of aromatic nitrogens is 3. The molecule has 0 saturated carbocycles. The quantitative estimate of drug-likeness (QED) is 0.362. The lowest BCUT2D eigenvalue weighted by atomic mass is 10.1. The van der Waals surface area contributed by atoms with Crippen molar-refractivity contribution >= 4 is 28.9 Å². The fraction of sp³-hybridized carbons (Fsp3) is 0.174. The first-order valence-electron chi connectivity index (χ1n) is 9.56. The van der Waals surface area contributed by atoms with Crippen LogP contribution in [-0.2, 0) is 0 Å². The Morgan fingerprint density at radius 2 is 1.79 bits per heavy atom. The molecule has 4 rings (SSSR count). The number of hydrogen-bond donors (Lipinski definition) is 2. The minimum atomic E-state index is 0.140. The normalized spacial score (nSPS) is 12.4. The van der Waals surface area contributed by atoms with Gasteiger partial charge in [-0.25, -0.2) is 15.0 Å². The third-order valence-electron chi connectivity index (χ3n) is 4.69. The molecule has 2 heterocycles. The molecule has 0 bridgehead atoms. The fourth-order valence-electron chi connectivity index (χ4n) is 3.15. The van der Waals surface area contributed by atoms with Crippen molar-refractivity contribution in [2.45, 2.75) is 13.0 Å². The van der Waals surface area contributed by atoms with Crippen LogP contribution in [0.4, 0.5) is 11.5 Å². The van der Waals surface area contributed by atoms with Gasteiger partial charge >= 0.3 is 0 Å². The summed E-state index contributed by atoms with van der Waals surface area (Å²) in [6, 6.07) is 20.7. The molecule has 0 radical (unpaired) electrons. The molecule has 0 amide bonds. The number of rotatable bonds is 6. The van der Waals surface area contributed by atoms with E-state index in [0.717, 1.165) is 33.8 Å². The molecule has 0 aliphatic carbocycles. The molecule has 2 aromatic carbocycles. The fourth-order valence-corrected chi connectivity index (χ4v) is 3.15. The van der Waals surface area contributed by atoms with Crippen LogP contribution in [0.5, 0.6) is 0 Å². The third kappa shape index (κ3) is 4.27. The molecule has 0 saturated heterocycles. The Hall–Kier alpha value is -3.67. The Labute approximate surface area is 170 Å². The van der Waals surface area contributed by atoms with Gasteiger partial charge in [-0.15, -0.1) is 0 Å². The molecule has 146 valence electrons. The molecule has 1 atom stereocenters. The summed E-state index contributed by atoms with van der Waals surface area (Å²) in [6.45, 7) is 2.13. The number of benzene rings is 2. The number of nitrogens with one attached hydrogen (secondary N) is 2. The highest BCUT2D eigenvalue weighted by Gasteiger charge is 2.12. The summed E-state index contributed by atoms with van der Waals surface area (Å²) < 4.78 is 0. The molecule has 4 aromatic rings. The van der Waals surface area contributed by atoms with E-state index in [1.165, 1.54) is 5.56 Å². The third-order valence-corrected chi connectivity index (χ3v) is 4.69. The second kappa shape index (κ2) is 8.14. The summed E-state index contributed by atoms with van der Waals surface area (Å²) >= 11 is 0. The van der Waals surface area contributed by atoms with Gasteiger partial charge in [-0.3, -0.25) is 0 Å². The maximum atomic E-state index is 4.47. The Kier molecular flexibility index (Phi) is 5.24. The van der Waals surface area contributed by atoms with Crippen LogP contribution in [0.2, 0.25) is 0 Å². The van der Waals surface area contributed by atoms with Gasteiger partial charge in [0, 0.05) is 25.8 Å². The topological polar surface area (TPSA) is 69.2 Å². The van der Waals surface area contributed by atoms with Crippen molar-refractivity contribution in [2.75, 3.05) is 19.4 Å². The van der Waals surface area contributed by atoms with Crippen LogP contribution in [0.15, 0.2) is 72.0 Å². The van der Waals surface area contributed by atoms with Crippen molar-refractivity contribution in [3.63, 3.8) is 0 Å². The summed E-state index contributed by atoms with van der Waals surface area (Å²) in [5.41, 5.74) is 5.02. The lowest BCUT2D eigenvalue weighted by Gasteiger charge is -2.15. The van der Waals surface area contributed by atoms with Crippen LogP contribution in [0.1, 0.15) is 18.5 Å². The average Bonchev–Trinajstić information content (AvgIpc) is 3.18. The second-order valence-electron chi connectivity index (χ2n) is 7.20. The molecule has 0 spiro atoms. The molecule has 2 aromatic heterocycles. The number of H-pyrrole nitrogens is 1. The van der Waals surface area contributed by atoms with Crippen LogP contribution in [0.25, 0.3) is 22.3 Å². The van der Waals surface area contributed by atoms with E-state index in [9.17, 15) is 0 Å². The van der Waals surface area contributed by atoms with E-state index in [1.807, 2.05) is 49.3 Å². The van der Waals surface area contributed by atoms with Gasteiger partial charge in [0.1, 0.15) is 17.8 Å². The lowest BCUT2D eigenvalue weighted by Crippen LogP contribution is -2.08. The molecule has 0 fully saturated rings. The van der Waals surface area contributed by atoms with Crippen LogP contribution < -0.4 is 5.32 Å². The van der Waals surface area contributed by atoms with E-state index in [-0.39, 0.29) is 6.04 Å². The minimum Gasteiger partial charge on any atom is -0.369 e. The standard InChI is InChI=1S/C23H24N6/c1-16(17-7-5-4-6-8-17)27-22-20-13-21(28-23(20)25-14-24-22)18-9-11-19(12-10-18)26-15-29(2)3/h4-16H,1-3H3,(H2,24,25,27,28)/t16-/m1/s1. The lowest BCUT2D eigenvalue weighted by molar-refractivity contribution is 0.643. The van der Waals surface area contributed by atoms with E-state index < -0.39 is 0 Å². The van der Waals surface area contributed by atoms with E-state index in [2.05, 4.69) is 62.5 Å². The molecule has 6 heteroatoms. The average molecular weight is 384 g/mol. The van der Waals surface area contributed by atoms with Gasteiger partial charge in [-0.05, 0) is 36.2 Å². The van der Waals surface area contributed by atoms with Crippen LogP contribution in [-0.4, -0.2) is 40.3 Å². The van der Waals surface area contributed by atoms with Gasteiger partial charge in [0.25, 0.3) is 0 Å². The molecule has 0 unspecified atom stereocenters. The zero-order chi connectivity index (χ0) is 20.2. The SMILES string of the molecule is C[C@@H](Nc1ncnc2[nH]c(-c3ccc(N=CN(C)C)cc3)cc12)c1ccccc1. The van der Waals surface area contributed by atoms with E-state index in [0.29, 0.717) is 0 Å². The van der Waals surface area contributed by atoms with E-state index >= 15 is 0 Å². The summed E-state index contributed by atoms with van der Waals surface area (Å²) in [7, 11) is 3.90. The van der Waals surface area contributed by atoms with Crippen LogP contribution in [0, 0.1) is 0 Å². The summed E-state index contributed by atoms with van der Waals surface area (Å²) in [4.78, 5) is 18.6.